The number of carbonyl (C=O) groups excluding carboxylic acids is 2. The van der Waals surface area contributed by atoms with Crippen LogP contribution in [0.2, 0.25) is 0 Å². The number of hydrogen-bond acceptors (Lipinski definition) is 3. The molecule has 0 aromatic carbocycles. The van der Waals surface area contributed by atoms with Crippen LogP contribution in [0.4, 0.5) is 0 Å². The van der Waals surface area contributed by atoms with Crippen LogP contribution in [0, 0.1) is 5.92 Å². The lowest BCUT2D eigenvalue weighted by Crippen LogP contribution is -2.41. The SMILES string of the molecule is CC(C)Cn1ccnc1CNC(=O)[C@H]1CCC(=O)N1. The first-order chi connectivity index (χ1) is 9.06. The molecule has 6 heteroatoms. The van der Waals surface area contributed by atoms with Crippen molar-refractivity contribution in [2.45, 2.75) is 45.8 Å². The lowest BCUT2D eigenvalue weighted by atomic mass is 10.2. The third-order valence-corrected chi connectivity index (χ3v) is 3.10. The lowest BCUT2D eigenvalue weighted by molar-refractivity contribution is -0.125. The fraction of sp³-hybridized carbons (Fsp3) is 0.615. The lowest BCUT2D eigenvalue weighted by Gasteiger charge is -2.13. The largest absolute Gasteiger partial charge is 0.347 e. The highest BCUT2D eigenvalue weighted by molar-refractivity contribution is 5.90. The number of hydrogen-bond donors (Lipinski definition) is 2. The van der Waals surface area contributed by atoms with Crippen LogP contribution in [0.1, 0.15) is 32.5 Å². The molecular weight excluding hydrogens is 244 g/mol. The maximum Gasteiger partial charge on any atom is 0.242 e. The van der Waals surface area contributed by atoms with E-state index in [0.29, 0.717) is 25.3 Å². The summed E-state index contributed by atoms with van der Waals surface area (Å²) in [6, 6.07) is -0.388. The second kappa shape index (κ2) is 5.86. The summed E-state index contributed by atoms with van der Waals surface area (Å²) in [5.74, 6) is 1.18. The van der Waals surface area contributed by atoms with Gasteiger partial charge in [0.05, 0.1) is 6.54 Å². The third kappa shape index (κ3) is 3.56. The molecule has 2 amide bonds. The van der Waals surface area contributed by atoms with Crippen LogP contribution in [-0.4, -0.2) is 27.4 Å². The van der Waals surface area contributed by atoms with Crippen LogP contribution in [-0.2, 0) is 22.7 Å². The van der Waals surface area contributed by atoms with Crippen molar-refractivity contribution >= 4 is 11.8 Å². The molecule has 1 aliphatic rings. The Labute approximate surface area is 112 Å². The molecule has 2 N–H and O–H groups in total. The van der Waals surface area contributed by atoms with Crippen LogP contribution in [0.25, 0.3) is 0 Å². The topological polar surface area (TPSA) is 76.0 Å². The average molecular weight is 264 g/mol. The minimum atomic E-state index is -0.388. The predicted octanol–water partition coefficient (Wildman–Crippen LogP) is 0.434. The van der Waals surface area contributed by atoms with Gasteiger partial charge in [-0.05, 0) is 12.3 Å². The highest BCUT2D eigenvalue weighted by atomic mass is 16.2. The molecule has 0 aliphatic carbocycles. The Morgan fingerprint density at radius 3 is 3.05 bits per heavy atom. The van der Waals surface area contributed by atoms with E-state index < -0.39 is 0 Å². The predicted molar refractivity (Wildman–Crippen MR) is 70.1 cm³/mol. The van der Waals surface area contributed by atoms with E-state index in [-0.39, 0.29) is 17.9 Å². The minimum Gasteiger partial charge on any atom is -0.347 e. The van der Waals surface area contributed by atoms with Crippen LogP contribution < -0.4 is 10.6 Å². The first kappa shape index (κ1) is 13.6. The van der Waals surface area contributed by atoms with Crippen molar-refractivity contribution in [2.24, 2.45) is 5.92 Å². The van der Waals surface area contributed by atoms with Gasteiger partial charge in [0.15, 0.2) is 0 Å². The van der Waals surface area contributed by atoms with Gasteiger partial charge in [0.2, 0.25) is 11.8 Å². The monoisotopic (exact) mass is 264 g/mol. The summed E-state index contributed by atoms with van der Waals surface area (Å²) in [5, 5.41) is 5.48. The highest BCUT2D eigenvalue weighted by Gasteiger charge is 2.26. The summed E-state index contributed by atoms with van der Waals surface area (Å²) in [5.41, 5.74) is 0. The van der Waals surface area contributed by atoms with Crippen LogP contribution >= 0.6 is 0 Å². The Bertz CT molecular complexity index is 467. The summed E-state index contributed by atoms with van der Waals surface area (Å²) in [4.78, 5) is 27.2. The molecule has 19 heavy (non-hydrogen) atoms. The number of imidazole rings is 1. The van der Waals surface area contributed by atoms with E-state index in [2.05, 4.69) is 29.5 Å². The number of aromatic nitrogens is 2. The van der Waals surface area contributed by atoms with Crippen molar-refractivity contribution in [1.29, 1.82) is 0 Å². The average Bonchev–Trinajstić information content (AvgIpc) is 2.95. The maximum absolute atomic E-state index is 11.9. The van der Waals surface area contributed by atoms with Crippen molar-refractivity contribution in [3.05, 3.63) is 18.2 Å². The molecule has 0 spiro atoms. The summed E-state index contributed by atoms with van der Waals surface area (Å²) in [7, 11) is 0. The minimum absolute atomic E-state index is 0.0542. The van der Waals surface area contributed by atoms with Gasteiger partial charge in [0, 0.05) is 25.4 Å². The number of rotatable bonds is 5. The van der Waals surface area contributed by atoms with Crippen LogP contribution in [0.3, 0.4) is 0 Å². The van der Waals surface area contributed by atoms with E-state index in [4.69, 9.17) is 0 Å². The van der Waals surface area contributed by atoms with Gasteiger partial charge in [-0.25, -0.2) is 4.98 Å². The Morgan fingerprint density at radius 2 is 2.42 bits per heavy atom. The van der Waals surface area contributed by atoms with Crippen molar-refractivity contribution in [3.63, 3.8) is 0 Å². The molecule has 2 rings (SSSR count). The van der Waals surface area contributed by atoms with Crippen LogP contribution in [0.15, 0.2) is 12.4 Å². The summed E-state index contributed by atoms with van der Waals surface area (Å²) in [6.45, 7) is 5.54. The van der Waals surface area contributed by atoms with Crippen molar-refractivity contribution in [2.75, 3.05) is 0 Å². The molecule has 1 fully saturated rings. The van der Waals surface area contributed by atoms with E-state index in [1.54, 1.807) is 6.20 Å². The van der Waals surface area contributed by atoms with Crippen LogP contribution in [0.5, 0.6) is 0 Å². The van der Waals surface area contributed by atoms with Gasteiger partial charge in [0.25, 0.3) is 0 Å². The molecule has 0 saturated carbocycles. The molecule has 1 aliphatic heterocycles. The molecule has 0 unspecified atom stereocenters. The normalized spacial score (nSPS) is 18.7. The summed E-state index contributed by atoms with van der Waals surface area (Å²) >= 11 is 0. The van der Waals surface area contributed by atoms with E-state index >= 15 is 0 Å². The fourth-order valence-electron chi connectivity index (χ4n) is 2.17. The standard InChI is InChI=1S/C13H20N4O2/c1-9(2)8-17-6-5-14-11(17)7-15-13(19)10-3-4-12(18)16-10/h5-6,9-10H,3-4,7-8H2,1-2H3,(H,15,19)(H,16,18)/t10-/m1/s1. The molecule has 0 radical (unpaired) electrons. The molecule has 1 atom stereocenters. The van der Waals surface area contributed by atoms with Gasteiger partial charge >= 0.3 is 0 Å². The zero-order valence-electron chi connectivity index (χ0n) is 11.3. The molecule has 104 valence electrons. The van der Waals surface area contributed by atoms with Gasteiger partial charge in [0.1, 0.15) is 11.9 Å². The molecular formula is C13H20N4O2. The number of carbonyl (C=O) groups is 2. The zero-order chi connectivity index (χ0) is 13.8. The summed E-state index contributed by atoms with van der Waals surface area (Å²) < 4.78 is 2.04. The number of nitrogens with one attached hydrogen (secondary N) is 2. The van der Waals surface area contributed by atoms with Gasteiger partial charge in [-0.3, -0.25) is 9.59 Å². The Kier molecular flexibility index (Phi) is 4.19. The van der Waals surface area contributed by atoms with Crippen molar-refractivity contribution in [3.8, 4) is 0 Å². The fourth-order valence-corrected chi connectivity index (χ4v) is 2.17. The smallest absolute Gasteiger partial charge is 0.242 e. The summed E-state index contributed by atoms with van der Waals surface area (Å²) in [6.07, 6.45) is 4.66. The Morgan fingerprint density at radius 1 is 1.63 bits per heavy atom. The van der Waals surface area contributed by atoms with E-state index in [9.17, 15) is 9.59 Å². The first-order valence-corrected chi connectivity index (χ1v) is 6.63. The Balaban J connectivity index is 1.86. The van der Waals surface area contributed by atoms with E-state index in [1.807, 2.05) is 10.8 Å². The number of nitrogens with zero attached hydrogens (tertiary/aromatic N) is 2. The first-order valence-electron chi connectivity index (χ1n) is 6.63. The quantitative estimate of drug-likeness (QED) is 0.810. The van der Waals surface area contributed by atoms with Crippen molar-refractivity contribution in [1.82, 2.24) is 20.2 Å². The third-order valence-electron chi connectivity index (χ3n) is 3.10. The molecule has 1 aromatic heterocycles. The van der Waals surface area contributed by atoms with Crippen molar-refractivity contribution < 1.29 is 9.59 Å². The van der Waals surface area contributed by atoms with Gasteiger partial charge in [-0.15, -0.1) is 0 Å². The molecule has 1 saturated heterocycles. The Hall–Kier alpha value is -1.85. The second-order valence-corrected chi connectivity index (χ2v) is 5.27. The van der Waals surface area contributed by atoms with E-state index in [0.717, 1.165) is 12.4 Å². The zero-order valence-corrected chi connectivity index (χ0v) is 11.3. The molecule has 2 heterocycles. The van der Waals surface area contributed by atoms with Gasteiger partial charge in [-0.1, -0.05) is 13.8 Å². The number of amides is 2. The van der Waals surface area contributed by atoms with Gasteiger partial charge < -0.3 is 15.2 Å². The maximum atomic E-state index is 11.9. The highest BCUT2D eigenvalue weighted by Crippen LogP contribution is 2.07. The molecule has 6 nitrogen and oxygen atoms in total. The second-order valence-electron chi connectivity index (χ2n) is 5.27. The van der Waals surface area contributed by atoms with Gasteiger partial charge in [-0.2, -0.15) is 0 Å². The molecule has 0 bridgehead atoms. The molecule has 1 aromatic rings. The van der Waals surface area contributed by atoms with E-state index in [1.165, 1.54) is 0 Å².